The maximum Gasteiger partial charge on any atom is 0.394 e. The Morgan fingerprint density at radius 2 is 1.93 bits per heavy atom. The van der Waals surface area contributed by atoms with Crippen LogP contribution in [0.2, 0.25) is 0 Å². The van der Waals surface area contributed by atoms with E-state index >= 15 is 0 Å². The van der Waals surface area contributed by atoms with Gasteiger partial charge in [0.25, 0.3) is 0 Å². The van der Waals surface area contributed by atoms with Crippen LogP contribution in [0.4, 0.5) is 5.69 Å². The first-order valence-corrected chi connectivity index (χ1v) is 9.34. The first kappa shape index (κ1) is 18.7. The van der Waals surface area contributed by atoms with Crippen molar-refractivity contribution < 1.29 is 19.1 Å². The molecule has 0 radical (unpaired) electrons. The van der Waals surface area contributed by atoms with Crippen molar-refractivity contribution >= 4 is 40.2 Å². The number of nitrogens with one attached hydrogen (secondary N) is 1. The van der Waals surface area contributed by atoms with E-state index in [-0.39, 0.29) is 11.1 Å². The van der Waals surface area contributed by atoms with Gasteiger partial charge in [0.2, 0.25) is 0 Å². The zero-order valence-corrected chi connectivity index (χ0v) is 15.8. The molecule has 1 aliphatic rings. The highest BCUT2D eigenvalue weighted by Crippen LogP contribution is 2.33. The number of anilines is 1. The van der Waals surface area contributed by atoms with Crippen molar-refractivity contribution in [2.45, 2.75) is 26.2 Å². The summed E-state index contributed by atoms with van der Waals surface area (Å²) in [5.74, 6) is -2.14. The Morgan fingerprint density at radius 3 is 2.69 bits per heavy atom. The normalized spacial score (nSPS) is 14.6. The van der Waals surface area contributed by atoms with Crippen LogP contribution in [-0.2, 0) is 16.0 Å². The van der Waals surface area contributed by atoms with Crippen LogP contribution < -0.4 is 10.7 Å². The number of fused-ring (bicyclic) bond motifs is 2. The van der Waals surface area contributed by atoms with Gasteiger partial charge in [-0.1, -0.05) is 24.3 Å². The minimum absolute atomic E-state index is 0.150. The fourth-order valence-electron chi connectivity index (χ4n) is 3.63. The summed E-state index contributed by atoms with van der Waals surface area (Å²) in [5, 5.41) is 11.3. The van der Waals surface area contributed by atoms with Crippen LogP contribution in [0.15, 0.2) is 51.7 Å². The maximum atomic E-state index is 13.1. The summed E-state index contributed by atoms with van der Waals surface area (Å²) in [7, 11) is 0. The van der Waals surface area contributed by atoms with Crippen molar-refractivity contribution in [1.29, 1.82) is 0 Å². The van der Waals surface area contributed by atoms with Crippen LogP contribution in [0.25, 0.3) is 22.6 Å². The third-order valence-corrected chi connectivity index (χ3v) is 5.12. The van der Waals surface area contributed by atoms with E-state index in [1.165, 1.54) is 12.1 Å². The molecule has 1 amide bonds. The van der Waals surface area contributed by atoms with Crippen molar-refractivity contribution in [3.05, 3.63) is 75.1 Å². The largest absolute Gasteiger partial charge is 0.474 e. The molecule has 0 aliphatic heterocycles. The molecule has 0 atom stereocenters. The average Bonchev–Trinajstić information content (AvgIpc) is 2.71. The molecule has 2 aromatic carbocycles. The molecular weight excluding hydrogens is 370 g/mol. The van der Waals surface area contributed by atoms with Gasteiger partial charge in [0.15, 0.2) is 5.43 Å². The molecule has 0 saturated carbocycles. The first-order valence-electron chi connectivity index (χ1n) is 9.34. The molecule has 6 heteroatoms. The van der Waals surface area contributed by atoms with Gasteiger partial charge in [0.05, 0.1) is 5.39 Å². The lowest BCUT2D eigenvalue weighted by atomic mass is 9.89. The standard InChI is InChI=1S/C23H19NO5/c1-13-5-2-3-6-14(13)11-15-7-4-8-17-20(25)18-12-16(24-22(26)23(27)28)9-10-19(18)29-21(15)17/h2-3,5-6,9-12H,4,7-8H2,1H3,(H,24,26)(H,27,28)/b15-11-. The second-order valence-electron chi connectivity index (χ2n) is 7.09. The fraction of sp³-hybridized carbons (Fsp3) is 0.174. The number of aryl methyl sites for hydroxylation is 1. The number of hydrogen-bond donors (Lipinski definition) is 2. The Labute approximate surface area is 166 Å². The first-order chi connectivity index (χ1) is 13.9. The van der Waals surface area contributed by atoms with Crippen molar-refractivity contribution in [3.63, 3.8) is 0 Å². The van der Waals surface area contributed by atoms with Crippen LogP contribution in [0, 0.1) is 6.92 Å². The van der Waals surface area contributed by atoms with Gasteiger partial charge in [0.1, 0.15) is 11.3 Å². The minimum atomic E-state index is -1.59. The molecule has 1 heterocycles. The highest BCUT2D eigenvalue weighted by molar-refractivity contribution is 6.36. The highest BCUT2D eigenvalue weighted by atomic mass is 16.4. The smallest absolute Gasteiger partial charge is 0.394 e. The maximum absolute atomic E-state index is 13.1. The molecule has 29 heavy (non-hydrogen) atoms. The van der Waals surface area contributed by atoms with Crippen molar-refractivity contribution in [2.75, 3.05) is 5.32 Å². The van der Waals surface area contributed by atoms with E-state index < -0.39 is 11.9 Å². The van der Waals surface area contributed by atoms with Crippen molar-refractivity contribution in [2.24, 2.45) is 0 Å². The second-order valence-corrected chi connectivity index (χ2v) is 7.09. The van der Waals surface area contributed by atoms with Gasteiger partial charge >= 0.3 is 11.9 Å². The van der Waals surface area contributed by atoms with Gasteiger partial charge < -0.3 is 14.8 Å². The van der Waals surface area contributed by atoms with Gasteiger partial charge in [-0.15, -0.1) is 0 Å². The third kappa shape index (κ3) is 3.57. The Kier molecular flexibility index (Phi) is 4.76. The van der Waals surface area contributed by atoms with Gasteiger partial charge in [-0.3, -0.25) is 9.59 Å². The van der Waals surface area contributed by atoms with Crippen molar-refractivity contribution in [1.82, 2.24) is 0 Å². The Balaban J connectivity index is 1.82. The Morgan fingerprint density at radius 1 is 1.14 bits per heavy atom. The number of aliphatic carboxylic acids is 1. The highest BCUT2D eigenvalue weighted by Gasteiger charge is 2.22. The minimum Gasteiger partial charge on any atom is -0.474 e. The molecule has 0 spiro atoms. The van der Waals surface area contributed by atoms with Gasteiger partial charge in [-0.05, 0) is 67.2 Å². The molecule has 1 aromatic heterocycles. The van der Waals surface area contributed by atoms with Crippen molar-refractivity contribution in [3.8, 4) is 0 Å². The molecule has 1 aliphatic carbocycles. The molecule has 0 saturated heterocycles. The van der Waals surface area contributed by atoms with E-state index in [0.717, 1.165) is 29.5 Å². The Bertz CT molecular complexity index is 1240. The number of carbonyl (C=O) groups excluding carboxylic acids is 1. The molecule has 2 N–H and O–H groups in total. The summed E-state index contributed by atoms with van der Waals surface area (Å²) >= 11 is 0. The van der Waals surface area contributed by atoms with E-state index in [4.69, 9.17) is 9.52 Å². The van der Waals surface area contributed by atoms with E-state index in [9.17, 15) is 14.4 Å². The molecule has 0 unspecified atom stereocenters. The number of rotatable bonds is 2. The summed E-state index contributed by atoms with van der Waals surface area (Å²) in [6.45, 7) is 2.04. The van der Waals surface area contributed by atoms with E-state index in [2.05, 4.69) is 11.4 Å². The SMILES string of the molecule is Cc1ccccc1/C=C1/CCCc2c1oc1ccc(NC(=O)C(=O)O)cc1c2=O. The average molecular weight is 389 g/mol. The number of hydrogen-bond acceptors (Lipinski definition) is 4. The lowest BCUT2D eigenvalue weighted by molar-refractivity contribution is -0.147. The Hall–Kier alpha value is -3.67. The molecule has 3 aromatic rings. The number of amides is 1. The fourth-order valence-corrected chi connectivity index (χ4v) is 3.63. The number of benzene rings is 2. The van der Waals surface area contributed by atoms with Crippen LogP contribution in [0.5, 0.6) is 0 Å². The summed E-state index contributed by atoms with van der Waals surface area (Å²) < 4.78 is 6.10. The lowest BCUT2D eigenvalue weighted by Gasteiger charge is -2.18. The van der Waals surface area contributed by atoms with Crippen LogP contribution in [0.1, 0.15) is 35.3 Å². The number of carboxylic acids is 1. The molecule has 0 fully saturated rings. The van der Waals surface area contributed by atoms with Gasteiger partial charge in [-0.25, -0.2) is 4.79 Å². The molecule has 0 bridgehead atoms. The van der Waals surface area contributed by atoms with Crippen LogP contribution in [-0.4, -0.2) is 17.0 Å². The molecule has 6 nitrogen and oxygen atoms in total. The van der Waals surface area contributed by atoms with Gasteiger partial charge in [0, 0.05) is 11.3 Å². The summed E-state index contributed by atoms with van der Waals surface area (Å²) in [4.78, 5) is 35.2. The van der Waals surface area contributed by atoms with E-state index in [0.29, 0.717) is 28.7 Å². The second kappa shape index (κ2) is 7.39. The predicted octanol–water partition coefficient (Wildman–Crippen LogP) is 4.00. The topological polar surface area (TPSA) is 96.6 Å². The van der Waals surface area contributed by atoms with E-state index in [1.54, 1.807) is 6.07 Å². The number of allylic oxidation sites excluding steroid dienone is 1. The monoisotopic (exact) mass is 389 g/mol. The zero-order valence-electron chi connectivity index (χ0n) is 15.8. The molecule has 146 valence electrons. The number of carbonyl (C=O) groups is 2. The van der Waals surface area contributed by atoms with E-state index in [1.807, 2.05) is 31.2 Å². The van der Waals surface area contributed by atoms with Crippen LogP contribution in [0.3, 0.4) is 0 Å². The lowest BCUT2D eigenvalue weighted by Crippen LogP contribution is -2.22. The predicted molar refractivity (Wildman–Crippen MR) is 111 cm³/mol. The summed E-state index contributed by atoms with van der Waals surface area (Å²) in [6, 6.07) is 12.6. The summed E-state index contributed by atoms with van der Waals surface area (Å²) in [5.41, 5.74) is 4.33. The number of carboxylic acid groups (broad SMARTS) is 1. The van der Waals surface area contributed by atoms with Gasteiger partial charge in [-0.2, -0.15) is 0 Å². The van der Waals surface area contributed by atoms with Crippen LogP contribution >= 0.6 is 0 Å². The zero-order chi connectivity index (χ0) is 20.5. The quantitative estimate of drug-likeness (QED) is 0.646. The third-order valence-electron chi connectivity index (χ3n) is 5.12. The summed E-state index contributed by atoms with van der Waals surface area (Å²) in [6.07, 6.45) is 4.35. The molecular formula is C23H19NO5. The molecule has 4 rings (SSSR count).